The molecule has 0 aliphatic carbocycles. The average Bonchev–Trinajstić information content (AvgIpc) is 2.62. The third-order valence-electron chi connectivity index (χ3n) is 1.96. The summed E-state index contributed by atoms with van der Waals surface area (Å²) in [5.74, 6) is 1.24. The van der Waals surface area contributed by atoms with Crippen molar-refractivity contribution in [2.24, 2.45) is 0 Å². The minimum atomic E-state index is -0.391. The van der Waals surface area contributed by atoms with Crippen molar-refractivity contribution in [3.8, 4) is 11.5 Å². The quantitative estimate of drug-likeness (QED) is 0.548. The summed E-state index contributed by atoms with van der Waals surface area (Å²) in [7, 11) is 0. The predicted molar refractivity (Wildman–Crippen MR) is 53.4 cm³/mol. The van der Waals surface area contributed by atoms with Gasteiger partial charge in [-0.1, -0.05) is 6.58 Å². The summed E-state index contributed by atoms with van der Waals surface area (Å²) in [6.45, 7) is 5.20. The molecule has 0 radical (unpaired) electrons. The van der Waals surface area contributed by atoms with E-state index in [0.29, 0.717) is 22.8 Å². The molecule has 78 valence electrons. The number of carbonyl (C=O) groups excluding carboxylic acids is 1. The Morgan fingerprint density at radius 1 is 1.40 bits per heavy atom. The first-order valence-corrected chi connectivity index (χ1v) is 4.44. The Balaban J connectivity index is 2.23. The molecule has 0 saturated carbocycles. The van der Waals surface area contributed by atoms with E-state index in [2.05, 4.69) is 6.58 Å². The van der Waals surface area contributed by atoms with Crippen LogP contribution in [0.1, 0.15) is 12.5 Å². The van der Waals surface area contributed by atoms with Gasteiger partial charge in [0.25, 0.3) is 0 Å². The summed E-state index contributed by atoms with van der Waals surface area (Å²) >= 11 is 0. The summed E-state index contributed by atoms with van der Waals surface area (Å²) < 4.78 is 15.2. The molecule has 0 aromatic heterocycles. The van der Waals surface area contributed by atoms with Crippen molar-refractivity contribution < 1.29 is 19.0 Å². The van der Waals surface area contributed by atoms with Crippen LogP contribution in [0.4, 0.5) is 0 Å². The maximum atomic E-state index is 10.7. The first-order valence-electron chi connectivity index (χ1n) is 4.44. The molecule has 0 unspecified atom stereocenters. The Hall–Kier alpha value is -1.97. The van der Waals surface area contributed by atoms with Crippen molar-refractivity contribution in [2.75, 3.05) is 6.79 Å². The highest BCUT2D eigenvalue weighted by molar-refractivity contribution is 5.76. The van der Waals surface area contributed by atoms with E-state index in [1.807, 2.05) is 0 Å². The molecular formula is C11H10O4. The van der Waals surface area contributed by atoms with Gasteiger partial charge in [0, 0.05) is 12.5 Å². The monoisotopic (exact) mass is 206 g/mol. The Morgan fingerprint density at radius 3 is 2.87 bits per heavy atom. The average molecular weight is 206 g/mol. The molecule has 0 fully saturated rings. The van der Waals surface area contributed by atoms with Crippen molar-refractivity contribution in [1.29, 1.82) is 0 Å². The van der Waals surface area contributed by atoms with Gasteiger partial charge in [0.15, 0.2) is 11.5 Å². The van der Waals surface area contributed by atoms with Crippen LogP contribution in [-0.2, 0) is 9.53 Å². The summed E-state index contributed by atoms with van der Waals surface area (Å²) in [5, 5.41) is 0. The van der Waals surface area contributed by atoms with Crippen LogP contribution in [0.25, 0.3) is 5.76 Å². The van der Waals surface area contributed by atoms with Gasteiger partial charge in [0.1, 0.15) is 5.76 Å². The number of esters is 1. The molecule has 0 N–H and O–H groups in total. The van der Waals surface area contributed by atoms with Crippen LogP contribution in [0.3, 0.4) is 0 Å². The second-order valence-corrected chi connectivity index (χ2v) is 3.08. The Bertz CT molecular complexity index is 423. The molecule has 1 aliphatic heterocycles. The van der Waals surface area contributed by atoms with Crippen molar-refractivity contribution >= 4 is 11.7 Å². The lowest BCUT2D eigenvalue weighted by Crippen LogP contribution is -1.97. The maximum absolute atomic E-state index is 10.7. The molecule has 1 heterocycles. The molecule has 4 heteroatoms. The van der Waals surface area contributed by atoms with E-state index >= 15 is 0 Å². The molecule has 1 aromatic carbocycles. The molecule has 0 atom stereocenters. The predicted octanol–water partition coefficient (Wildman–Crippen LogP) is 1.95. The second kappa shape index (κ2) is 3.65. The number of carbonyl (C=O) groups is 1. The summed E-state index contributed by atoms with van der Waals surface area (Å²) in [5.41, 5.74) is 0.703. The summed E-state index contributed by atoms with van der Waals surface area (Å²) in [6.07, 6.45) is 0. The Morgan fingerprint density at radius 2 is 2.13 bits per heavy atom. The molecule has 0 saturated heterocycles. The highest BCUT2D eigenvalue weighted by Crippen LogP contribution is 2.34. The van der Waals surface area contributed by atoms with E-state index in [1.54, 1.807) is 18.2 Å². The molecule has 0 spiro atoms. The number of fused-ring (bicyclic) bond motifs is 1. The SMILES string of the molecule is C=C(OC(C)=O)c1ccc2c(c1)OCO2. The fraction of sp³-hybridized carbons (Fsp3) is 0.182. The van der Waals surface area contributed by atoms with E-state index < -0.39 is 5.97 Å². The zero-order valence-electron chi connectivity index (χ0n) is 8.28. The van der Waals surface area contributed by atoms with Gasteiger partial charge in [-0.2, -0.15) is 0 Å². The van der Waals surface area contributed by atoms with Gasteiger partial charge in [-0.15, -0.1) is 0 Å². The number of rotatable bonds is 2. The van der Waals surface area contributed by atoms with Crippen molar-refractivity contribution in [2.45, 2.75) is 6.92 Å². The van der Waals surface area contributed by atoms with Gasteiger partial charge in [0.05, 0.1) is 0 Å². The van der Waals surface area contributed by atoms with E-state index in [4.69, 9.17) is 14.2 Å². The van der Waals surface area contributed by atoms with E-state index in [1.165, 1.54) is 6.92 Å². The van der Waals surface area contributed by atoms with Crippen LogP contribution < -0.4 is 9.47 Å². The molecule has 15 heavy (non-hydrogen) atoms. The van der Waals surface area contributed by atoms with Crippen LogP contribution in [0, 0.1) is 0 Å². The molecular weight excluding hydrogens is 196 g/mol. The van der Waals surface area contributed by atoms with Crippen molar-refractivity contribution in [3.05, 3.63) is 30.3 Å². The fourth-order valence-electron chi connectivity index (χ4n) is 1.30. The number of ether oxygens (including phenoxy) is 3. The lowest BCUT2D eigenvalue weighted by Gasteiger charge is -2.05. The number of benzene rings is 1. The zero-order chi connectivity index (χ0) is 10.8. The number of hydrogen-bond acceptors (Lipinski definition) is 4. The molecule has 1 aliphatic rings. The van der Waals surface area contributed by atoms with Crippen molar-refractivity contribution in [1.82, 2.24) is 0 Å². The maximum Gasteiger partial charge on any atom is 0.308 e. The van der Waals surface area contributed by atoms with Gasteiger partial charge >= 0.3 is 5.97 Å². The molecule has 0 amide bonds. The highest BCUT2D eigenvalue weighted by Gasteiger charge is 2.14. The summed E-state index contributed by atoms with van der Waals surface area (Å²) in [4.78, 5) is 10.7. The van der Waals surface area contributed by atoms with Crippen LogP contribution in [0.5, 0.6) is 11.5 Å². The smallest absolute Gasteiger partial charge is 0.308 e. The van der Waals surface area contributed by atoms with Gasteiger partial charge in [-0.25, -0.2) is 0 Å². The van der Waals surface area contributed by atoms with Gasteiger partial charge in [-0.3, -0.25) is 4.79 Å². The first kappa shape index (κ1) is 9.58. The lowest BCUT2D eigenvalue weighted by molar-refractivity contribution is -0.134. The summed E-state index contributed by atoms with van der Waals surface area (Å²) in [6, 6.07) is 5.25. The van der Waals surface area contributed by atoms with Crippen LogP contribution in [0.2, 0.25) is 0 Å². The molecule has 4 nitrogen and oxygen atoms in total. The first-order chi connectivity index (χ1) is 7.16. The minimum absolute atomic E-state index is 0.221. The van der Waals surface area contributed by atoms with Crippen LogP contribution in [0.15, 0.2) is 24.8 Å². The van der Waals surface area contributed by atoms with Crippen LogP contribution in [-0.4, -0.2) is 12.8 Å². The lowest BCUT2D eigenvalue weighted by atomic mass is 10.2. The molecule has 0 bridgehead atoms. The molecule has 1 aromatic rings. The fourth-order valence-corrected chi connectivity index (χ4v) is 1.30. The largest absolute Gasteiger partial charge is 0.454 e. The van der Waals surface area contributed by atoms with Gasteiger partial charge < -0.3 is 14.2 Å². The van der Waals surface area contributed by atoms with Gasteiger partial charge in [0.2, 0.25) is 6.79 Å². The Kier molecular flexibility index (Phi) is 2.33. The minimum Gasteiger partial charge on any atom is -0.454 e. The molecule has 2 rings (SSSR count). The van der Waals surface area contributed by atoms with E-state index in [9.17, 15) is 4.79 Å². The second-order valence-electron chi connectivity index (χ2n) is 3.08. The third-order valence-corrected chi connectivity index (χ3v) is 1.96. The zero-order valence-corrected chi connectivity index (χ0v) is 8.28. The normalized spacial score (nSPS) is 12.3. The standard InChI is InChI=1S/C11H10O4/c1-7(15-8(2)12)9-3-4-10-11(5-9)14-6-13-10/h3-5H,1,6H2,2H3. The third kappa shape index (κ3) is 1.93. The topological polar surface area (TPSA) is 44.8 Å². The number of hydrogen-bond donors (Lipinski definition) is 0. The Labute approximate surface area is 87.1 Å². The van der Waals surface area contributed by atoms with Gasteiger partial charge in [-0.05, 0) is 18.2 Å². The van der Waals surface area contributed by atoms with Crippen LogP contribution >= 0.6 is 0 Å². The van der Waals surface area contributed by atoms with Crippen molar-refractivity contribution in [3.63, 3.8) is 0 Å². The van der Waals surface area contributed by atoms with E-state index in [0.717, 1.165) is 0 Å². The highest BCUT2D eigenvalue weighted by atomic mass is 16.7. The van der Waals surface area contributed by atoms with E-state index in [-0.39, 0.29) is 6.79 Å².